The van der Waals surface area contributed by atoms with Gasteiger partial charge < -0.3 is 20.2 Å². The maximum absolute atomic E-state index is 10.8. The van der Waals surface area contributed by atoms with Gasteiger partial charge in [0.05, 0.1) is 24.5 Å². The van der Waals surface area contributed by atoms with E-state index >= 15 is 0 Å². The molecule has 30 heavy (non-hydrogen) atoms. The molecular formula is C23H31N5O2. The highest BCUT2D eigenvalue weighted by Gasteiger charge is 2.27. The molecule has 3 aromatic rings. The van der Waals surface area contributed by atoms with Gasteiger partial charge in [0.25, 0.3) is 0 Å². The minimum absolute atomic E-state index is 0.271. The molecule has 0 aliphatic heterocycles. The summed E-state index contributed by atoms with van der Waals surface area (Å²) in [6, 6.07) is 13.7. The maximum Gasteiger partial charge on any atom is 0.191 e. The van der Waals surface area contributed by atoms with E-state index in [1.807, 2.05) is 61.9 Å². The summed E-state index contributed by atoms with van der Waals surface area (Å²) in [5.74, 6) is 1.93. The maximum atomic E-state index is 10.8. The summed E-state index contributed by atoms with van der Waals surface area (Å²) in [4.78, 5) is 4.71. The van der Waals surface area contributed by atoms with Crippen LogP contribution in [0.5, 0.6) is 0 Å². The molecule has 0 aliphatic rings. The zero-order chi connectivity index (χ0) is 21.7. The van der Waals surface area contributed by atoms with Crippen LogP contribution in [0.15, 0.2) is 51.9 Å². The number of aliphatic imine (C=N–C) groups is 1. The molecule has 3 rings (SSSR count). The molecule has 0 aliphatic carbocycles. The lowest BCUT2D eigenvalue weighted by atomic mass is 10.0. The summed E-state index contributed by atoms with van der Waals surface area (Å²) >= 11 is 0. The summed E-state index contributed by atoms with van der Waals surface area (Å²) in [5.41, 5.74) is 2.99. The number of aryl methyl sites for hydroxylation is 2. The first-order chi connectivity index (χ1) is 14.3. The van der Waals surface area contributed by atoms with Crippen LogP contribution in [-0.4, -0.2) is 33.9 Å². The van der Waals surface area contributed by atoms with Crippen molar-refractivity contribution >= 4 is 5.96 Å². The zero-order valence-corrected chi connectivity index (χ0v) is 18.4. The van der Waals surface area contributed by atoms with Crippen LogP contribution in [-0.2, 0) is 12.1 Å². The molecule has 3 N–H and O–H groups in total. The van der Waals surface area contributed by atoms with Crippen LogP contribution in [0, 0.1) is 20.8 Å². The van der Waals surface area contributed by atoms with Crippen LogP contribution >= 0.6 is 0 Å². The van der Waals surface area contributed by atoms with Gasteiger partial charge >= 0.3 is 0 Å². The third-order valence-electron chi connectivity index (χ3n) is 5.05. The molecule has 7 nitrogen and oxygen atoms in total. The molecule has 2 aromatic heterocycles. The van der Waals surface area contributed by atoms with Gasteiger partial charge in [0, 0.05) is 17.8 Å². The summed E-state index contributed by atoms with van der Waals surface area (Å²) in [6.45, 7) is 11.1. The molecule has 160 valence electrons. The van der Waals surface area contributed by atoms with Crippen molar-refractivity contribution in [1.29, 1.82) is 0 Å². The summed E-state index contributed by atoms with van der Waals surface area (Å²) < 4.78 is 7.53. The second-order valence-electron chi connectivity index (χ2n) is 7.63. The molecule has 0 amide bonds. The van der Waals surface area contributed by atoms with Crippen molar-refractivity contribution in [3.05, 3.63) is 70.9 Å². The van der Waals surface area contributed by atoms with Crippen molar-refractivity contribution in [3.8, 4) is 5.69 Å². The molecule has 0 saturated heterocycles. The summed E-state index contributed by atoms with van der Waals surface area (Å²) in [6.07, 6.45) is 0. The van der Waals surface area contributed by atoms with Gasteiger partial charge in [-0.15, -0.1) is 0 Å². The molecular weight excluding hydrogens is 378 g/mol. The van der Waals surface area contributed by atoms with E-state index in [4.69, 9.17) is 9.41 Å². The van der Waals surface area contributed by atoms with Crippen LogP contribution in [0.25, 0.3) is 5.69 Å². The summed E-state index contributed by atoms with van der Waals surface area (Å²) in [5, 5.41) is 21.9. The van der Waals surface area contributed by atoms with Crippen LogP contribution in [0.3, 0.4) is 0 Å². The molecule has 0 spiro atoms. The lowest BCUT2D eigenvalue weighted by Gasteiger charge is -2.22. The number of hydrogen-bond donors (Lipinski definition) is 3. The molecule has 1 atom stereocenters. The number of para-hydroxylation sites is 1. The number of aliphatic hydroxyl groups is 1. The van der Waals surface area contributed by atoms with Gasteiger partial charge in [-0.1, -0.05) is 18.2 Å². The Morgan fingerprint density at radius 1 is 1.13 bits per heavy atom. The van der Waals surface area contributed by atoms with E-state index < -0.39 is 5.60 Å². The van der Waals surface area contributed by atoms with E-state index in [-0.39, 0.29) is 6.54 Å². The number of nitrogens with one attached hydrogen (secondary N) is 2. The Bertz CT molecular complexity index is 1000. The van der Waals surface area contributed by atoms with Crippen molar-refractivity contribution in [3.63, 3.8) is 0 Å². The van der Waals surface area contributed by atoms with E-state index in [0.29, 0.717) is 18.3 Å². The molecule has 0 saturated carbocycles. The van der Waals surface area contributed by atoms with Gasteiger partial charge in [-0.3, -0.25) is 0 Å². The fraction of sp³-hybridized carbons (Fsp3) is 0.391. The topological polar surface area (TPSA) is 87.6 Å². The average Bonchev–Trinajstić information content (AvgIpc) is 3.29. The Kier molecular flexibility index (Phi) is 6.62. The van der Waals surface area contributed by atoms with Crippen molar-refractivity contribution in [2.45, 2.75) is 46.8 Å². The Balaban J connectivity index is 1.74. The van der Waals surface area contributed by atoms with Gasteiger partial charge in [0.1, 0.15) is 17.1 Å². The number of guanidine groups is 1. The fourth-order valence-corrected chi connectivity index (χ4v) is 3.29. The molecule has 1 unspecified atom stereocenters. The monoisotopic (exact) mass is 409 g/mol. The third kappa shape index (κ3) is 4.91. The normalized spacial score (nSPS) is 13.9. The highest BCUT2D eigenvalue weighted by molar-refractivity contribution is 5.79. The van der Waals surface area contributed by atoms with Gasteiger partial charge in [-0.2, -0.15) is 5.10 Å². The van der Waals surface area contributed by atoms with Crippen LogP contribution in [0.4, 0.5) is 0 Å². The lowest BCUT2D eigenvalue weighted by Crippen LogP contribution is -2.44. The minimum Gasteiger partial charge on any atom is -0.463 e. The van der Waals surface area contributed by atoms with Crippen molar-refractivity contribution in [1.82, 2.24) is 20.4 Å². The smallest absolute Gasteiger partial charge is 0.191 e. The second kappa shape index (κ2) is 9.17. The zero-order valence-electron chi connectivity index (χ0n) is 18.4. The average molecular weight is 410 g/mol. The van der Waals surface area contributed by atoms with E-state index in [0.717, 1.165) is 34.9 Å². The first kappa shape index (κ1) is 21.6. The number of benzene rings is 1. The van der Waals surface area contributed by atoms with Crippen molar-refractivity contribution < 1.29 is 9.52 Å². The lowest BCUT2D eigenvalue weighted by molar-refractivity contribution is 0.0378. The highest BCUT2D eigenvalue weighted by Crippen LogP contribution is 2.22. The van der Waals surface area contributed by atoms with Gasteiger partial charge in [0.15, 0.2) is 5.96 Å². The highest BCUT2D eigenvalue weighted by atomic mass is 16.4. The summed E-state index contributed by atoms with van der Waals surface area (Å²) in [7, 11) is 0. The largest absolute Gasteiger partial charge is 0.463 e. The predicted octanol–water partition coefficient (Wildman–Crippen LogP) is 3.35. The number of furan rings is 1. The molecule has 1 aromatic carbocycles. The number of nitrogens with zero attached hydrogens (tertiary/aromatic N) is 3. The van der Waals surface area contributed by atoms with Crippen molar-refractivity contribution in [2.75, 3.05) is 13.1 Å². The van der Waals surface area contributed by atoms with Crippen molar-refractivity contribution in [2.24, 2.45) is 4.99 Å². The number of rotatable bonds is 7. The first-order valence-electron chi connectivity index (χ1n) is 10.2. The molecule has 0 fully saturated rings. The Morgan fingerprint density at radius 3 is 2.50 bits per heavy atom. The number of hydrogen-bond acceptors (Lipinski definition) is 4. The van der Waals surface area contributed by atoms with Crippen LogP contribution < -0.4 is 10.6 Å². The standard InChI is InChI=1S/C23H31N5O2/c1-6-24-22(26-15-23(5,29)21-13-12-16(2)30-21)25-14-20-17(3)27-28(18(20)4)19-10-8-7-9-11-19/h7-13,29H,6,14-15H2,1-5H3,(H2,24,25,26). The Morgan fingerprint density at radius 2 is 1.87 bits per heavy atom. The molecule has 0 bridgehead atoms. The minimum atomic E-state index is -1.14. The molecule has 7 heteroatoms. The Labute approximate surface area is 177 Å². The number of aromatic nitrogens is 2. The SMILES string of the molecule is CCNC(=NCc1c(C)nn(-c2ccccc2)c1C)NCC(C)(O)c1ccc(C)o1. The molecule has 2 heterocycles. The van der Waals surface area contributed by atoms with E-state index in [1.54, 1.807) is 13.0 Å². The van der Waals surface area contributed by atoms with E-state index in [1.165, 1.54) is 0 Å². The predicted molar refractivity (Wildman–Crippen MR) is 119 cm³/mol. The van der Waals surface area contributed by atoms with Crippen LogP contribution in [0.1, 0.15) is 42.3 Å². The molecule has 0 radical (unpaired) electrons. The second-order valence-corrected chi connectivity index (χ2v) is 7.63. The Hall–Kier alpha value is -3.06. The first-order valence-corrected chi connectivity index (χ1v) is 10.2. The van der Waals surface area contributed by atoms with E-state index in [9.17, 15) is 5.11 Å². The van der Waals surface area contributed by atoms with Gasteiger partial charge in [-0.25, -0.2) is 9.67 Å². The van der Waals surface area contributed by atoms with Gasteiger partial charge in [-0.05, 0) is 58.9 Å². The fourth-order valence-electron chi connectivity index (χ4n) is 3.29. The quantitative estimate of drug-likeness (QED) is 0.411. The van der Waals surface area contributed by atoms with Crippen LogP contribution in [0.2, 0.25) is 0 Å². The van der Waals surface area contributed by atoms with Gasteiger partial charge in [0.2, 0.25) is 0 Å². The third-order valence-corrected chi connectivity index (χ3v) is 5.05. The van der Waals surface area contributed by atoms with E-state index in [2.05, 4.69) is 22.7 Å².